The number of anilines is 1. The van der Waals surface area contributed by atoms with Gasteiger partial charge in [0.1, 0.15) is 18.1 Å². The number of ketones is 1. The Morgan fingerprint density at radius 1 is 0.971 bits per heavy atom. The van der Waals surface area contributed by atoms with Crippen molar-refractivity contribution >= 4 is 40.6 Å². The minimum Gasteiger partial charge on any atom is -0.493 e. The van der Waals surface area contributed by atoms with Crippen molar-refractivity contribution in [2.45, 2.75) is 44.6 Å². The third kappa shape index (κ3) is 4.77. The van der Waals surface area contributed by atoms with E-state index in [0.717, 1.165) is 19.6 Å². The molecule has 34 heavy (non-hydrogen) atoms. The topological polar surface area (TPSA) is 59.1 Å². The first-order valence-electron chi connectivity index (χ1n) is 11.6. The molecule has 0 aromatic heterocycles. The number of likely N-dealkylation sites (tertiary alicyclic amines) is 1. The molecule has 2 fully saturated rings. The minimum absolute atomic E-state index is 0.187. The lowest BCUT2D eigenvalue weighted by atomic mass is 9.89. The predicted octanol–water partition coefficient (Wildman–Crippen LogP) is 5.34. The zero-order valence-electron chi connectivity index (χ0n) is 19.8. The molecule has 0 bridgehead atoms. The first-order chi connectivity index (χ1) is 16.2. The van der Waals surface area contributed by atoms with Crippen LogP contribution in [0.5, 0.6) is 11.5 Å². The summed E-state index contributed by atoms with van der Waals surface area (Å²) in [6, 6.07) is 10.2. The zero-order chi connectivity index (χ0) is 24.5. The summed E-state index contributed by atoms with van der Waals surface area (Å²) in [5.41, 5.74) is 0.0693. The van der Waals surface area contributed by atoms with E-state index in [9.17, 15) is 9.59 Å². The molecule has 2 aromatic rings. The van der Waals surface area contributed by atoms with E-state index in [2.05, 4.69) is 4.90 Å². The Bertz CT molecular complexity index is 1080. The van der Waals surface area contributed by atoms with Crippen LogP contribution in [0, 0.1) is 0 Å². The van der Waals surface area contributed by atoms with Gasteiger partial charge >= 0.3 is 0 Å². The van der Waals surface area contributed by atoms with E-state index >= 15 is 0 Å². The molecule has 2 aromatic carbocycles. The molecular weight excluding hydrogens is 475 g/mol. The molecule has 1 atom stereocenters. The van der Waals surface area contributed by atoms with E-state index in [1.165, 1.54) is 24.2 Å². The number of amides is 1. The summed E-state index contributed by atoms with van der Waals surface area (Å²) in [4.78, 5) is 30.9. The van der Waals surface area contributed by atoms with Crippen molar-refractivity contribution < 1.29 is 19.1 Å². The number of halogens is 2. The van der Waals surface area contributed by atoms with Crippen LogP contribution in [0.15, 0.2) is 36.4 Å². The summed E-state index contributed by atoms with van der Waals surface area (Å²) in [7, 11) is 1.58. The fraction of sp³-hybridized carbons (Fsp3) is 0.462. The van der Waals surface area contributed by atoms with E-state index in [1.54, 1.807) is 57.4 Å². The zero-order valence-corrected chi connectivity index (χ0v) is 21.3. The number of ether oxygens (including phenoxy) is 2. The Balaban J connectivity index is 1.58. The molecule has 1 unspecified atom stereocenters. The van der Waals surface area contributed by atoms with Crippen molar-refractivity contribution in [3.63, 3.8) is 0 Å². The van der Waals surface area contributed by atoms with Crippen LogP contribution >= 0.6 is 23.2 Å². The number of carbonyl (C=O) groups is 2. The number of piperidine rings is 1. The van der Waals surface area contributed by atoms with Crippen LogP contribution in [0.2, 0.25) is 10.0 Å². The van der Waals surface area contributed by atoms with Gasteiger partial charge in [0.15, 0.2) is 17.3 Å². The summed E-state index contributed by atoms with van der Waals surface area (Å²) >= 11 is 12.2. The fourth-order valence-corrected chi connectivity index (χ4v) is 5.09. The highest BCUT2D eigenvalue weighted by atomic mass is 35.5. The molecule has 6 nitrogen and oxygen atoms in total. The normalized spacial score (nSPS) is 20.6. The fourth-order valence-electron chi connectivity index (χ4n) is 4.80. The molecule has 2 saturated heterocycles. The molecule has 4 rings (SSSR count). The van der Waals surface area contributed by atoms with Gasteiger partial charge < -0.3 is 9.47 Å². The second-order valence-electron chi connectivity index (χ2n) is 9.29. The molecule has 0 aliphatic carbocycles. The van der Waals surface area contributed by atoms with Crippen LogP contribution in [0.1, 0.15) is 44.6 Å². The largest absolute Gasteiger partial charge is 0.493 e. The van der Waals surface area contributed by atoms with Gasteiger partial charge in [-0.05, 0) is 75.7 Å². The second-order valence-corrected chi connectivity index (χ2v) is 10.1. The SMILES string of the molecule is COc1ccc(C2C(=O)N(c3ccc(Cl)c(Cl)c3)C(C)(C)C2=O)cc1OCCN1CCCCC1. The minimum atomic E-state index is -1.05. The maximum atomic E-state index is 13.6. The van der Waals surface area contributed by atoms with Crippen LogP contribution in [0.4, 0.5) is 5.69 Å². The van der Waals surface area contributed by atoms with E-state index in [4.69, 9.17) is 32.7 Å². The van der Waals surface area contributed by atoms with Crippen LogP contribution < -0.4 is 14.4 Å². The van der Waals surface area contributed by atoms with Crippen molar-refractivity contribution in [2.24, 2.45) is 0 Å². The molecule has 2 aliphatic rings. The lowest BCUT2D eigenvalue weighted by molar-refractivity contribution is -0.124. The van der Waals surface area contributed by atoms with E-state index in [1.807, 2.05) is 0 Å². The van der Waals surface area contributed by atoms with Crippen molar-refractivity contribution in [1.29, 1.82) is 0 Å². The summed E-state index contributed by atoms with van der Waals surface area (Å²) in [5.74, 6) is -0.338. The first-order valence-corrected chi connectivity index (χ1v) is 12.4. The number of rotatable bonds is 7. The van der Waals surface area contributed by atoms with E-state index in [-0.39, 0.29) is 11.7 Å². The van der Waals surface area contributed by atoms with Gasteiger partial charge in [0.2, 0.25) is 5.91 Å². The maximum absolute atomic E-state index is 13.6. The monoisotopic (exact) mass is 504 g/mol. The standard InChI is InChI=1S/C26H30Cl2N2O4/c1-26(2)24(31)23(25(32)30(26)18-8-9-19(27)20(28)16-18)17-7-10-21(33-3)22(15-17)34-14-13-29-11-5-4-6-12-29/h7-10,15-16,23H,4-6,11-14H2,1-3H3. The highest BCUT2D eigenvalue weighted by Crippen LogP contribution is 2.43. The summed E-state index contributed by atoms with van der Waals surface area (Å²) in [5, 5.41) is 0.715. The number of Topliss-reactive ketones (excluding diaryl/α,β-unsaturated/α-hetero) is 1. The smallest absolute Gasteiger partial charge is 0.243 e. The molecule has 8 heteroatoms. The van der Waals surface area contributed by atoms with Crippen molar-refractivity contribution in [3.8, 4) is 11.5 Å². The molecule has 2 aliphatic heterocycles. The van der Waals surface area contributed by atoms with Crippen LogP contribution in [0.25, 0.3) is 0 Å². The highest BCUT2D eigenvalue weighted by Gasteiger charge is 2.54. The lowest BCUT2D eigenvalue weighted by Crippen LogP contribution is -2.44. The second kappa shape index (κ2) is 10.1. The summed E-state index contributed by atoms with van der Waals surface area (Å²) in [6.45, 7) is 7.00. The number of methoxy groups -OCH3 is 1. The molecule has 0 N–H and O–H groups in total. The molecule has 1 amide bonds. The molecule has 182 valence electrons. The van der Waals surface area contributed by atoms with E-state index < -0.39 is 11.5 Å². The number of hydrogen-bond donors (Lipinski definition) is 0. The van der Waals surface area contributed by atoms with Crippen LogP contribution in [-0.2, 0) is 9.59 Å². The molecule has 2 heterocycles. The third-order valence-corrected chi connectivity index (χ3v) is 7.43. The molecular formula is C26H30Cl2N2O4. The number of benzene rings is 2. The van der Waals surface area contributed by atoms with Gasteiger partial charge in [0, 0.05) is 12.2 Å². The average molecular weight is 505 g/mol. The quantitative estimate of drug-likeness (QED) is 0.476. The Kier molecular flexibility index (Phi) is 7.41. The summed E-state index contributed by atoms with van der Waals surface area (Å²) in [6.07, 6.45) is 3.72. The highest BCUT2D eigenvalue weighted by molar-refractivity contribution is 6.42. The van der Waals surface area contributed by atoms with Gasteiger partial charge in [-0.1, -0.05) is 35.7 Å². The van der Waals surface area contributed by atoms with Gasteiger partial charge in [0.05, 0.1) is 17.2 Å². The average Bonchev–Trinajstić information content (AvgIpc) is 3.00. The van der Waals surface area contributed by atoms with Crippen LogP contribution in [-0.4, -0.2) is 55.5 Å². The van der Waals surface area contributed by atoms with Gasteiger partial charge in [-0.15, -0.1) is 0 Å². The van der Waals surface area contributed by atoms with Crippen molar-refractivity contribution in [2.75, 3.05) is 38.3 Å². The van der Waals surface area contributed by atoms with Crippen molar-refractivity contribution in [3.05, 3.63) is 52.0 Å². The van der Waals surface area contributed by atoms with Gasteiger partial charge in [0.25, 0.3) is 0 Å². The Hall–Kier alpha value is -2.28. The Morgan fingerprint density at radius 3 is 2.38 bits per heavy atom. The van der Waals surface area contributed by atoms with Gasteiger partial charge in [-0.2, -0.15) is 0 Å². The molecule has 0 radical (unpaired) electrons. The number of nitrogens with zero attached hydrogens (tertiary/aromatic N) is 2. The molecule has 0 spiro atoms. The Morgan fingerprint density at radius 2 is 1.71 bits per heavy atom. The van der Waals surface area contributed by atoms with Crippen LogP contribution in [0.3, 0.4) is 0 Å². The number of carbonyl (C=O) groups excluding carboxylic acids is 2. The first kappa shape index (κ1) is 24.8. The predicted molar refractivity (Wildman–Crippen MR) is 135 cm³/mol. The van der Waals surface area contributed by atoms with Crippen molar-refractivity contribution in [1.82, 2.24) is 4.90 Å². The van der Waals surface area contributed by atoms with E-state index in [0.29, 0.717) is 39.4 Å². The number of hydrogen-bond acceptors (Lipinski definition) is 5. The maximum Gasteiger partial charge on any atom is 0.243 e. The summed E-state index contributed by atoms with van der Waals surface area (Å²) < 4.78 is 11.5. The lowest BCUT2D eigenvalue weighted by Gasteiger charge is -2.30. The van der Waals surface area contributed by atoms with Gasteiger partial charge in [-0.3, -0.25) is 19.4 Å². The molecule has 0 saturated carbocycles. The van der Waals surface area contributed by atoms with Gasteiger partial charge in [-0.25, -0.2) is 0 Å². The third-order valence-electron chi connectivity index (χ3n) is 6.69. The Labute approximate surface area is 210 Å².